The number of aliphatic carboxylic acids is 1. The third-order valence-corrected chi connectivity index (χ3v) is 2.51. The van der Waals surface area contributed by atoms with Crippen LogP contribution in [-0.4, -0.2) is 40.8 Å². The molecular weight excluding hydrogens is 238 g/mol. The second kappa shape index (κ2) is 4.82. The molecule has 0 radical (unpaired) electrons. The third kappa shape index (κ3) is 2.29. The van der Waals surface area contributed by atoms with E-state index in [4.69, 9.17) is 9.94 Å². The number of amides is 1. The summed E-state index contributed by atoms with van der Waals surface area (Å²) in [7, 11) is 1.55. The zero-order chi connectivity index (χ0) is 13.1. The van der Waals surface area contributed by atoms with Crippen molar-refractivity contribution < 1.29 is 19.5 Å². The first kappa shape index (κ1) is 12.0. The Morgan fingerprint density at radius 3 is 2.83 bits per heavy atom. The van der Waals surface area contributed by atoms with Gasteiger partial charge in [-0.3, -0.25) is 9.69 Å². The molecule has 18 heavy (non-hydrogen) atoms. The molecule has 1 N–H and O–H groups in total. The molecule has 1 aromatic heterocycles. The summed E-state index contributed by atoms with van der Waals surface area (Å²) in [6, 6.07) is 5.16. The summed E-state index contributed by atoms with van der Waals surface area (Å²) >= 11 is 0. The van der Waals surface area contributed by atoms with Crippen LogP contribution in [0.4, 0.5) is 5.82 Å². The van der Waals surface area contributed by atoms with Crippen LogP contribution in [0.15, 0.2) is 29.6 Å². The van der Waals surface area contributed by atoms with Crippen molar-refractivity contribution in [3.8, 4) is 0 Å². The summed E-state index contributed by atoms with van der Waals surface area (Å²) < 4.78 is 0. The van der Waals surface area contributed by atoms with Gasteiger partial charge in [-0.05, 0) is 12.1 Å². The Balaban J connectivity index is 2.04. The molecule has 0 fully saturated rings. The number of oxime groups is 1. The van der Waals surface area contributed by atoms with Gasteiger partial charge in [0.15, 0.2) is 5.71 Å². The lowest BCUT2D eigenvalue weighted by molar-refractivity contribution is -0.129. The summed E-state index contributed by atoms with van der Waals surface area (Å²) in [6.45, 7) is 0. The maximum atomic E-state index is 12.0. The predicted octanol–water partition coefficient (Wildman–Crippen LogP) is 0.274. The first-order valence-electron chi connectivity index (χ1n) is 5.24. The number of anilines is 1. The molecule has 1 aliphatic heterocycles. The van der Waals surface area contributed by atoms with Crippen molar-refractivity contribution in [1.82, 2.24) is 4.98 Å². The molecule has 0 aromatic carbocycles. The molecule has 0 aliphatic carbocycles. The van der Waals surface area contributed by atoms with Gasteiger partial charge >= 0.3 is 5.97 Å². The molecule has 0 saturated heterocycles. The van der Waals surface area contributed by atoms with Crippen molar-refractivity contribution in [3.05, 3.63) is 24.4 Å². The van der Waals surface area contributed by atoms with Crippen molar-refractivity contribution in [2.45, 2.75) is 12.5 Å². The first-order chi connectivity index (χ1) is 8.59. The molecule has 0 bridgehead atoms. The zero-order valence-electron chi connectivity index (χ0n) is 9.61. The molecule has 1 unspecified atom stereocenters. The lowest BCUT2D eigenvalue weighted by Gasteiger charge is -2.18. The van der Waals surface area contributed by atoms with E-state index in [0.29, 0.717) is 5.82 Å². The van der Waals surface area contributed by atoms with E-state index in [1.165, 1.54) is 4.90 Å². The van der Waals surface area contributed by atoms with Crippen LogP contribution in [0.5, 0.6) is 0 Å². The van der Waals surface area contributed by atoms with E-state index in [-0.39, 0.29) is 18.0 Å². The number of pyridine rings is 1. The van der Waals surface area contributed by atoms with E-state index in [1.807, 2.05) is 0 Å². The Morgan fingerprint density at radius 2 is 2.28 bits per heavy atom. The van der Waals surface area contributed by atoms with Crippen molar-refractivity contribution in [2.24, 2.45) is 5.16 Å². The SMILES string of the molecule is CN(C(=O)C1CC(C(=O)O)=NO1)c1ccccn1. The molecule has 1 atom stereocenters. The average Bonchev–Trinajstić information content (AvgIpc) is 2.88. The number of aromatic nitrogens is 1. The highest BCUT2D eigenvalue weighted by Crippen LogP contribution is 2.16. The number of rotatable bonds is 3. The van der Waals surface area contributed by atoms with Crippen molar-refractivity contribution >= 4 is 23.4 Å². The topological polar surface area (TPSA) is 92.1 Å². The number of carboxylic acid groups (broad SMARTS) is 1. The van der Waals surface area contributed by atoms with E-state index >= 15 is 0 Å². The van der Waals surface area contributed by atoms with Crippen LogP contribution in [0.1, 0.15) is 6.42 Å². The molecule has 1 aliphatic rings. The minimum absolute atomic E-state index is 0.0364. The smallest absolute Gasteiger partial charge is 0.353 e. The normalized spacial score (nSPS) is 17.8. The van der Waals surface area contributed by atoms with Crippen molar-refractivity contribution in [3.63, 3.8) is 0 Å². The molecule has 7 nitrogen and oxygen atoms in total. The number of carbonyl (C=O) groups is 2. The Morgan fingerprint density at radius 1 is 1.50 bits per heavy atom. The van der Waals surface area contributed by atoms with Gasteiger partial charge in [0, 0.05) is 19.7 Å². The number of hydrogen-bond donors (Lipinski definition) is 1. The lowest BCUT2D eigenvalue weighted by Crippen LogP contribution is -2.37. The van der Waals surface area contributed by atoms with Crippen LogP contribution in [0.3, 0.4) is 0 Å². The highest BCUT2D eigenvalue weighted by molar-refractivity contribution is 6.36. The minimum Gasteiger partial charge on any atom is -0.477 e. The Hall–Kier alpha value is -2.44. The Kier molecular flexibility index (Phi) is 3.22. The molecule has 7 heteroatoms. The van der Waals surface area contributed by atoms with E-state index in [1.54, 1.807) is 31.4 Å². The molecule has 0 saturated carbocycles. The van der Waals surface area contributed by atoms with Crippen LogP contribution < -0.4 is 4.90 Å². The first-order valence-corrected chi connectivity index (χ1v) is 5.24. The average molecular weight is 249 g/mol. The quantitative estimate of drug-likeness (QED) is 0.830. The summed E-state index contributed by atoms with van der Waals surface area (Å²) in [5, 5.41) is 12.1. The fraction of sp³-hybridized carbons (Fsp3) is 0.273. The van der Waals surface area contributed by atoms with Gasteiger partial charge in [-0.2, -0.15) is 0 Å². The highest BCUT2D eigenvalue weighted by Gasteiger charge is 2.33. The second-order valence-electron chi connectivity index (χ2n) is 3.73. The van der Waals surface area contributed by atoms with Gasteiger partial charge in [0.1, 0.15) is 5.82 Å². The minimum atomic E-state index is -1.18. The fourth-order valence-electron chi connectivity index (χ4n) is 1.52. The summed E-state index contributed by atoms with van der Waals surface area (Å²) in [4.78, 5) is 32.8. The Labute approximate surface area is 103 Å². The Bertz CT molecular complexity index is 500. The van der Waals surface area contributed by atoms with Crippen LogP contribution in [0.2, 0.25) is 0 Å². The molecule has 1 amide bonds. The van der Waals surface area contributed by atoms with E-state index in [0.717, 1.165) is 0 Å². The van der Waals surface area contributed by atoms with Crippen LogP contribution in [0.25, 0.3) is 0 Å². The van der Waals surface area contributed by atoms with E-state index < -0.39 is 12.1 Å². The third-order valence-electron chi connectivity index (χ3n) is 2.51. The van der Waals surface area contributed by atoms with Gasteiger partial charge < -0.3 is 9.94 Å². The van der Waals surface area contributed by atoms with Gasteiger partial charge in [0.2, 0.25) is 6.10 Å². The van der Waals surface area contributed by atoms with Gasteiger partial charge in [-0.25, -0.2) is 9.78 Å². The summed E-state index contributed by atoms with van der Waals surface area (Å²) in [6.07, 6.45) is 0.627. The standard InChI is InChI=1S/C11H11N3O4/c1-14(9-4-2-3-5-12-9)10(15)8-6-7(11(16)17)13-18-8/h2-5,8H,6H2,1H3,(H,16,17). The van der Waals surface area contributed by atoms with Crippen molar-refractivity contribution in [1.29, 1.82) is 0 Å². The molecule has 94 valence electrons. The van der Waals surface area contributed by atoms with Gasteiger partial charge in [-0.1, -0.05) is 11.2 Å². The molecule has 2 rings (SSSR count). The second-order valence-corrected chi connectivity index (χ2v) is 3.73. The van der Waals surface area contributed by atoms with Gasteiger partial charge in [0.25, 0.3) is 5.91 Å². The summed E-state index contributed by atoms with van der Waals surface area (Å²) in [5.41, 5.74) is -0.150. The molecule has 0 spiro atoms. The van der Waals surface area contributed by atoms with E-state index in [2.05, 4.69) is 10.1 Å². The maximum absolute atomic E-state index is 12.0. The van der Waals surface area contributed by atoms with Crippen LogP contribution in [0, 0.1) is 0 Å². The van der Waals surface area contributed by atoms with Gasteiger partial charge in [0.05, 0.1) is 0 Å². The van der Waals surface area contributed by atoms with Crippen molar-refractivity contribution in [2.75, 3.05) is 11.9 Å². The fourth-order valence-corrected chi connectivity index (χ4v) is 1.52. The largest absolute Gasteiger partial charge is 0.477 e. The molecule has 2 heterocycles. The number of likely N-dealkylation sites (N-methyl/N-ethyl adjacent to an activating group) is 1. The summed E-state index contributed by atoms with van der Waals surface area (Å²) in [5.74, 6) is -1.09. The highest BCUT2D eigenvalue weighted by atomic mass is 16.6. The number of carbonyl (C=O) groups excluding carboxylic acids is 1. The number of hydrogen-bond acceptors (Lipinski definition) is 5. The van der Waals surface area contributed by atoms with Crippen LogP contribution >= 0.6 is 0 Å². The number of carboxylic acids is 1. The monoisotopic (exact) mass is 249 g/mol. The van der Waals surface area contributed by atoms with Gasteiger partial charge in [-0.15, -0.1) is 0 Å². The predicted molar refractivity (Wildman–Crippen MR) is 62.2 cm³/mol. The van der Waals surface area contributed by atoms with Crippen LogP contribution in [-0.2, 0) is 14.4 Å². The molecular formula is C11H11N3O4. The zero-order valence-corrected chi connectivity index (χ0v) is 9.61. The number of nitrogens with zero attached hydrogens (tertiary/aromatic N) is 3. The molecule has 1 aromatic rings. The lowest BCUT2D eigenvalue weighted by atomic mass is 10.1. The maximum Gasteiger partial charge on any atom is 0.353 e. The van der Waals surface area contributed by atoms with E-state index in [9.17, 15) is 9.59 Å².